The Morgan fingerprint density at radius 3 is 2.33 bits per heavy atom. The summed E-state index contributed by atoms with van der Waals surface area (Å²) in [7, 11) is 1.70. The molecule has 9 nitrogen and oxygen atoms in total. The Hall–Kier alpha value is -3.07. The van der Waals surface area contributed by atoms with Gasteiger partial charge >= 0.3 is 12.1 Å². The maximum Gasteiger partial charge on any atom is 0.435 e. The average molecular weight is 457 g/mol. The molecular formula is C24H32N4O5. The molecule has 0 radical (unpaired) electrons. The highest BCUT2D eigenvalue weighted by atomic mass is 16.6. The van der Waals surface area contributed by atoms with Crippen molar-refractivity contribution in [2.24, 2.45) is 10.2 Å². The fourth-order valence-corrected chi connectivity index (χ4v) is 3.84. The zero-order chi connectivity index (χ0) is 24.0. The van der Waals surface area contributed by atoms with E-state index in [4.69, 9.17) is 14.2 Å². The van der Waals surface area contributed by atoms with Crippen molar-refractivity contribution in [1.82, 2.24) is 9.78 Å². The number of hydrogen-bond acceptors (Lipinski definition) is 8. The molecule has 0 unspecified atom stereocenters. The number of ether oxygens (including phenoxy) is 3. The fraction of sp³-hybridized carbons (Fsp3) is 0.542. The van der Waals surface area contributed by atoms with Gasteiger partial charge in [-0.1, -0.05) is 18.2 Å². The lowest BCUT2D eigenvalue weighted by Gasteiger charge is -2.28. The van der Waals surface area contributed by atoms with Crippen LogP contribution in [-0.4, -0.2) is 47.3 Å². The zero-order valence-electron chi connectivity index (χ0n) is 19.9. The molecule has 1 aromatic carbocycles. The predicted molar refractivity (Wildman–Crippen MR) is 122 cm³/mol. The van der Waals surface area contributed by atoms with Crippen molar-refractivity contribution in [3.8, 4) is 0 Å². The normalized spacial score (nSPS) is 18.9. The third-order valence-electron chi connectivity index (χ3n) is 5.35. The van der Waals surface area contributed by atoms with Gasteiger partial charge in [0.05, 0.1) is 24.1 Å². The summed E-state index contributed by atoms with van der Waals surface area (Å²) in [5, 5.41) is 13.0. The van der Waals surface area contributed by atoms with Gasteiger partial charge in [0.2, 0.25) is 0 Å². The van der Waals surface area contributed by atoms with E-state index in [0.717, 1.165) is 30.4 Å². The molecule has 1 fully saturated rings. The van der Waals surface area contributed by atoms with Crippen LogP contribution in [0.5, 0.6) is 0 Å². The van der Waals surface area contributed by atoms with Crippen molar-refractivity contribution in [2.45, 2.75) is 71.0 Å². The minimum absolute atomic E-state index is 0.0498. The number of esters is 1. The highest BCUT2D eigenvalue weighted by molar-refractivity contribution is 5.94. The third kappa shape index (κ3) is 6.25. The van der Waals surface area contributed by atoms with Gasteiger partial charge in [0.25, 0.3) is 0 Å². The summed E-state index contributed by atoms with van der Waals surface area (Å²) < 4.78 is 17.4. The molecule has 9 heteroatoms. The van der Waals surface area contributed by atoms with Gasteiger partial charge in [-0.25, -0.2) is 9.59 Å². The number of carbonyl (C=O) groups excluding carboxylic acids is 2. The second-order valence-corrected chi connectivity index (χ2v) is 8.94. The Morgan fingerprint density at radius 1 is 1.09 bits per heavy atom. The summed E-state index contributed by atoms with van der Waals surface area (Å²) >= 11 is 0. The minimum Gasteiger partial charge on any atom is -0.461 e. The lowest BCUT2D eigenvalue weighted by molar-refractivity contribution is 0.0486. The van der Waals surface area contributed by atoms with Gasteiger partial charge in [0.15, 0.2) is 5.69 Å². The second-order valence-electron chi connectivity index (χ2n) is 8.94. The van der Waals surface area contributed by atoms with Crippen LogP contribution in [0.15, 0.2) is 40.6 Å². The van der Waals surface area contributed by atoms with Gasteiger partial charge in [-0.05, 0) is 65.5 Å². The van der Waals surface area contributed by atoms with Crippen LogP contribution in [0.2, 0.25) is 0 Å². The molecule has 0 N–H and O–H groups in total. The summed E-state index contributed by atoms with van der Waals surface area (Å²) in [6.45, 7) is 7.21. The maximum absolute atomic E-state index is 13.1. The van der Waals surface area contributed by atoms with E-state index >= 15 is 0 Å². The Balaban J connectivity index is 2.12. The number of carbonyl (C=O) groups is 2. The number of methoxy groups -OCH3 is 1. The molecule has 1 heterocycles. The number of benzene rings is 1. The van der Waals surface area contributed by atoms with Gasteiger partial charge in [0.1, 0.15) is 11.3 Å². The largest absolute Gasteiger partial charge is 0.461 e. The number of nitrogens with zero attached hydrogens (tertiary/aromatic N) is 4. The lowest BCUT2D eigenvalue weighted by Crippen LogP contribution is -2.30. The quantitative estimate of drug-likeness (QED) is 0.394. The van der Waals surface area contributed by atoms with Gasteiger partial charge < -0.3 is 14.2 Å². The third-order valence-corrected chi connectivity index (χ3v) is 5.35. The summed E-state index contributed by atoms with van der Waals surface area (Å²) in [6, 6.07) is 9.17. The predicted octanol–water partition coefficient (Wildman–Crippen LogP) is 5.93. The summed E-state index contributed by atoms with van der Waals surface area (Å²) in [6.07, 6.45) is 2.65. The molecule has 33 heavy (non-hydrogen) atoms. The monoisotopic (exact) mass is 456 g/mol. The van der Waals surface area contributed by atoms with E-state index in [1.165, 1.54) is 0 Å². The van der Waals surface area contributed by atoms with Crippen LogP contribution in [0.25, 0.3) is 0 Å². The number of hydrogen-bond donors (Lipinski definition) is 0. The fourth-order valence-electron chi connectivity index (χ4n) is 3.84. The Bertz CT molecular complexity index is 986. The first-order valence-electron chi connectivity index (χ1n) is 11.3. The number of aromatic nitrogens is 2. The van der Waals surface area contributed by atoms with Gasteiger partial charge in [0, 0.05) is 13.0 Å². The molecule has 3 rings (SSSR count). The molecule has 1 aliphatic rings. The highest BCUT2D eigenvalue weighted by Crippen LogP contribution is 2.41. The maximum atomic E-state index is 13.1. The molecule has 0 spiro atoms. The van der Waals surface area contributed by atoms with Crippen LogP contribution < -0.4 is 0 Å². The molecule has 0 amide bonds. The van der Waals surface area contributed by atoms with Gasteiger partial charge in [-0.2, -0.15) is 14.9 Å². The lowest BCUT2D eigenvalue weighted by atomic mass is 9.84. The van der Waals surface area contributed by atoms with Crippen LogP contribution in [0, 0.1) is 0 Å². The van der Waals surface area contributed by atoms with Crippen molar-refractivity contribution >= 4 is 23.4 Å². The summed E-state index contributed by atoms with van der Waals surface area (Å²) in [4.78, 5) is 25.9. The molecule has 178 valence electrons. The van der Waals surface area contributed by atoms with Gasteiger partial charge in [-0.3, -0.25) is 0 Å². The standard InChI is InChI=1S/C24H32N4O5/c1-6-32-22(29)20-19(26-25-17-10-8-7-9-11-17)21(16-12-14-18(31-5)15-13-16)28(27-20)23(30)33-24(2,3)4/h7-11,16,18H,6,12-15H2,1-5H3. The average Bonchev–Trinajstić information content (AvgIpc) is 3.17. The molecule has 1 aliphatic carbocycles. The molecule has 1 saturated carbocycles. The number of azo groups is 1. The van der Waals surface area contributed by atoms with Gasteiger partial charge in [-0.15, -0.1) is 5.11 Å². The highest BCUT2D eigenvalue weighted by Gasteiger charge is 2.35. The zero-order valence-corrected chi connectivity index (χ0v) is 19.9. The molecule has 0 atom stereocenters. The SMILES string of the molecule is CCOC(=O)c1nn(C(=O)OC(C)(C)C)c(C2CCC(OC)CC2)c1N=Nc1ccccc1. The van der Waals surface area contributed by atoms with Crippen LogP contribution in [0.3, 0.4) is 0 Å². The Kier molecular flexibility index (Phi) is 7.97. The summed E-state index contributed by atoms with van der Waals surface area (Å²) in [5.41, 5.74) is 0.590. The number of rotatable bonds is 6. The van der Waals surface area contributed by atoms with Crippen molar-refractivity contribution in [3.63, 3.8) is 0 Å². The van der Waals surface area contributed by atoms with E-state index in [-0.39, 0.29) is 30.0 Å². The minimum atomic E-state index is -0.732. The van der Waals surface area contributed by atoms with Crippen LogP contribution in [0.4, 0.5) is 16.2 Å². The van der Waals surface area contributed by atoms with E-state index in [9.17, 15) is 9.59 Å². The summed E-state index contributed by atoms with van der Waals surface area (Å²) in [5.74, 6) is -0.724. The van der Waals surface area contributed by atoms with Crippen LogP contribution in [0.1, 0.15) is 75.5 Å². The second kappa shape index (κ2) is 10.7. The smallest absolute Gasteiger partial charge is 0.435 e. The van der Waals surface area contributed by atoms with E-state index in [1.807, 2.05) is 18.2 Å². The molecule has 2 aromatic rings. The van der Waals surface area contributed by atoms with Crippen LogP contribution in [-0.2, 0) is 14.2 Å². The first kappa shape index (κ1) is 24.6. The van der Waals surface area contributed by atoms with Crippen molar-refractivity contribution in [3.05, 3.63) is 41.7 Å². The van der Waals surface area contributed by atoms with Crippen molar-refractivity contribution in [1.29, 1.82) is 0 Å². The first-order valence-corrected chi connectivity index (χ1v) is 11.3. The van der Waals surface area contributed by atoms with Crippen LogP contribution >= 0.6 is 0 Å². The first-order chi connectivity index (χ1) is 15.7. The topological polar surface area (TPSA) is 104 Å². The molecule has 0 aliphatic heterocycles. The molecule has 0 bridgehead atoms. The van der Waals surface area contributed by atoms with E-state index in [1.54, 1.807) is 46.9 Å². The Labute approximate surface area is 194 Å². The molecule has 1 aromatic heterocycles. The van der Waals surface area contributed by atoms with E-state index in [2.05, 4.69) is 15.3 Å². The van der Waals surface area contributed by atoms with Crippen molar-refractivity contribution < 1.29 is 23.8 Å². The Morgan fingerprint density at radius 2 is 1.76 bits per heavy atom. The van der Waals surface area contributed by atoms with Crippen molar-refractivity contribution in [2.75, 3.05) is 13.7 Å². The molecular weight excluding hydrogens is 424 g/mol. The molecule has 0 saturated heterocycles. The van der Waals surface area contributed by atoms with E-state index < -0.39 is 17.7 Å². The van der Waals surface area contributed by atoms with E-state index in [0.29, 0.717) is 11.4 Å².